The molecule has 0 fully saturated rings. The minimum absolute atomic E-state index is 0.127. The molecule has 168 valence electrons. The maximum Gasteiger partial charge on any atom is 0.264 e. The number of amides is 1. The van der Waals surface area contributed by atoms with E-state index >= 15 is 0 Å². The van der Waals surface area contributed by atoms with Crippen LogP contribution in [0, 0.1) is 6.92 Å². The summed E-state index contributed by atoms with van der Waals surface area (Å²) in [5.74, 6) is -0.413. The minimum Gasteiger partial charge on any atom is -0.375 e. The molecule has 0 radical (unpaired) electrons. The summed E-state index contributed by atoms with van der Waals surface area (Å²) in [5.41, 5.74) is 2.39. The number of aryl methyl sites for hydroxylation is 1. The first-order valence-electron chi connectivity index (χ1n) is 10.1. The van der Waals surface area contributed by atoms with E-state index in [4.69, 9.17) is 4.74 Å². The molecule has 0 saturated heterocycles. The topological polar surface area (TPSA) is 75.7 Å². The Balaban J connectivity index is 1.66. The van der Waals surface area contributed by atoms with Gasteiger partial charge in [-0.1, -0.05) is 70.0 Å². The van der Waals surface area contributed by atoms with Gasteiger partial charge in [0.05, 0.1) is 23.8 Å². The first-order valence-corrected chi connectivity index (χ1v) is 12.3. The Morgan fingerprint density at radius 1 is 1.00 bits per heavy atom. The van der Waals surface area contributed by atoms with Gasteiger partial charge in [0.1, 0.15) is 6.54 Å². The highest BCUT2D eigenvalue weighted by molar-refractivity contribution is 9.10. The Morgan fingerprint density at radius 2 is 1.72 bits per heavy atom. The summed E-state index contributed by atoms with van der Waals surface area (Å²) in [6, 6.07) is 23.1. The van der Waals surface area contributed by atoms with Crippen molar-refractivity contribution in [2.24, 2.45) is 0 Å². The highest BCUT2D eigenvalue weighted by atomic mass is 79.9. The number of sulfonamides is 1. The summed E-state index contributed by atoms with van der Waals surface area (Å²) in [4.78, 5) is 12.7. The van der Waals surface area contributed by atoms with Crippen molar-refractivity contribution in [2.75, 3.05) is 24.0 Å². The monoisotopic (exact) mass is 516 g/mol. The molecular weight excluding hydrogens is 492 g/mol. The number of carbonyl (C=O) groups excluding carboxylic acids is 1. The van der Waals surface area contributed by atoms with Crippen LogP contribution in [-0.2, 0) is 26.2 Å². The molecule has 8 heteroatoms. The Bertz CT molecular complexity index is 1140. The molecule has 0 bridgehead atoms. The van der Waals surface area contributed by atoms with Crippen molar-refractivity contribution in [3.8, 4) is 0 Å². The van der Waals surface area contributed by atoms with Crippen molar-refractivity contribution < 1.29 is 17.9 Å². The Morgan fingerprint density at radius 3 is 2.41 bits per heavy atom. The van der Waals surface area contributed by atoms with Gasteiger partial charge in [-0.2, -0.15) is 0 Å². The standard InChI is InChI=1S/C24H25BrN2O4S/c1-19-10-12-23(13-11-19)32(29,30)27(22-9-5-8-21(25)16-22)17-24(28)26-14-15-31-18-20-6-3-2-4-7-20/h2-13,16H,14-15,17-18H2,1H3,(H,26,28). The number of hydrogen-bond donors (Lipinski definition) is 1. The molecule has 0 heterocycles. The van der Waals surface area contributed by atoms with Gasteiger partial charge in [-0.25, -0.2) is 8.42 Å². The molecule has 1 N–H and O–H groups in total. The first kappa shape index (κ1) is 24.0. The van der Waals surface area contributed by atoms with Gasteiger partial charge in [-0.05, 0) is 42.8 Å². The number of rotatable bonds is 10. The maximum atomic E-state index is 13.3. The van der Waals surface area contributed by atoms with E-state index in [1.807, 2.05) is 37.3 Å². The predicted octanol–water partition coefficient (Wildman–Crippen LogP) is 4.29. The van der Waals surface area contributed by atoms with Crippen molar-refractivity contribution in [1.82, 2.24) is 5.32 Å². The molecule has 0 unspecified atom stereocenters. The molecule has 1 amide bonds. The second-order valence-corrected chi connectivity index (χ2v) is 9.97. The SMILES string of the molecule is Cc1ccc(S(=O)(=O)N(CC(=O)NCCOCc2ccccc2)c2cccc(Br)c2)cc1. The third kappa shape index (κ3) is 6.66. The lowest BCUT2D eigenvalue weighted by atomic mass is 10.2. The zero-order valence-corrected chi connectivity index (χ0v) is 20.1. The number of nitrogens with one attached hydrogen (secondary N) is 1. The molecule has 6 nitrogen and oxygen atoms in total. The fraction of sp³-hybridized carbons (Fsp3) is 0.208. The second-order valence-electron chi connectivity index (χ2n) is 7.19. The van der Waals surface area contributed by atoms with Gasteiger partial charge in [0.15, 0.2) is 0 Å². The van der Waals surface area contributed by atoms with Gasteiger partial charge in [-0.15, -0.1) is 0 Å². The normalized spacial score (nSPS) is 11.2. The van der Waals surface area contributed by atoms with Crippen LogP contribution in [-0.4, -0.2) is 34.0 Å². The lowest BCUT2D eigenvalue weighted by Crippen LogP contribution is -2.41. The average Bonchev–Trinajstić information content (AvgIpc) is 2.78. The molecule has 0 atom stereocenters. The summed E-state index contributed by atoms with van der Waals surface area (Å²) in [6.45, 7) is 2.59. The van der Waals surface area contributed by atoms with E-state index in [1.54, 1.807) is 48.5 Å². The molecule has 3 aromatic carbocycles. The molecule has 0 aliphatic rings. The first-order chi connectivity index (χ1) is 15.4. The molecule has 32 heavy (non-hydrogen) atoms. The number of benzene rings is 3. The van der Waals surface area contributed by atoms with Crippen LogP contribution in [0.3, 0.4) is 0 Å². The number of halogens is 1. The van der Waals surface area contributed by atoms with Crippen molar-refractivity contribution in [1.29, 1.82) is 0 Å². The van der Waals surface area contributed by atoms with E-state index in [9.17, 15) is 13.2 Å². The van der Waals surface area contributed by atoms with Crippen molar-refractivity contribution in [2.45, 2.75) is 18.4 Å². The number of nitrogens with zero attached hydrogens (tertiary/aromatic N) is 1. The smallest absolute Gasteiger partial charge is 0.264 e. The van der Waals surface area contributed by atoms with Gasteiger partial charge in [0, 0.05) is 11.0 Å². The number of anilines is 1. The number of carbonyl (C=O) groups is 1. The van der Waals surface area contributed by atoms with Crippen LogP contribution in [0.4, 0.5) is 5.69 Å². The molecule has 0 spiro atoms. The van der Waals surface area contributed by atoms with Crippen LogP contribution >= 0.6 is 15.9 Å². The maximum absolute atomic E-state index is 13.3. The summed E-state index contributed by atoms with van der Waals surface area (Å²) in [5, 5.41) is 2.73. The number of ether oxygens (including phenoxy) is 1. The van der Waals surface area contributed by atoms with Gasteiger partial charge in [0.2, 0.25) is 5.91 Å². The molecule has 3 aromatic rings. The molecule has 0 aromatic heterocycles. The molecule has 0 aliphatic carbocycles. The van der Waals surface area contributed by atoms with E-state index < -0.39 is 15.9 Å². The van der Waals surface area contributed by atoms with Gasteiger partial charge in [0.25, 0.3) is 10.0 Å². The zero-order chi connectivity index (χ0) is 23.0. The van der Waals surface area contributed by atoms with Gasteiger partial charge in [-0.3, -0.25) is 9.10 Å². The summed E-state index contributed by atoms with van der Waals surface area (Å²) in [7, 11) is -3.93. The van der Waals surface area contributed by atoms with E-state index in [0.717, 1.165) is 15.4 Å². The third-order valence-electron chi connectivity index (χ3n) is 4.67. The van der Waals surface area contributed by atoms with E-state index in [0.29, 0.717) is 23.4 Å². The zero-order valence-electron chi connectivity index (χ0n) is 17.7. The molecule has 3 rings (SSSR count). The van der Waals surface area contributed by atoms with Crippen molar-refractivity contribution in [3.63, 3.8) is 0 Å². The quantitative estimate of drug-likeness (QED) is 0.408. The average molecular weight is 517 g/mol. The van der Waals surface area contributed by atoms with E-state index in [2.05, 4.69) is 21.2 Å². The Kier molecular flexibility index (Phi) is 8.44. The summed E-state index contributed by atoms with van der Waals surface area (Å²) < 4.78 is 34.1. The van der Waals surface area contributed by atoms with E-state index in [1.165, 1.54) is 0 Å². The van der Waals surface area contributed by atoms with Crippen LogP contribution in [0.5, 0.6) is 0 Å². The largest absolute Gasteiger partial charge is 0.375 e. The number of hydrogen-bond acceptors (Lipinski definition) is 4. The van der Waals surface area contributed by atoms with E-state index in [-0.39, 0.29) is 18.0 Å². The highest BCUT2D eigenvalue weighted by Crippen LogP contribution is 2.26. The summed E-state index contributed by atoms with van der Waals surface area (Å²) >= 11 is 3.37. The fourth-order valence-corrected chi connectivity index (χ4v) is 4.80. The van der Waals surface area contributed by atoms with Crippen molar-refractivity contribution >= 4 is 37.5 Å². The van der Waals surface area contributed by atoms with Crippen LogP contribution in [0.15, 0.2) is 88.2 Å². The molecule has 0 aliphatic heterocycles. The van der Waals surface area contributed by atoms with Crippen LogP contribution in [0.1, 0.15) is 11.1 Å². The predicted molar refractivity (Wildman–Crippen MR) is 129 cm³/mol. The van der Waals surface area contributed by atoms with Gasteiger partial charge < -0.3 is 10.1 Å². The Hall–Kier alpha value is -2.68. The van der Waals surface area contributed by atoms with Gasteiger partial charge >= 0.3 is 0 Å². The van der Waals surface area contributed by atoms with Crippen molar-refractivity contribution in [3.05, 3.63) is 94.5 Å². The van der Waals surface area contributed by atoms with Crippen LogP contribution < -0.4 is 9.62 Å². The second kappa shape index (κ2) is 11.3. The molecule has 0 saturated carbocycles. The lowest BCUT2D eigenvalue weighted by molar-refractivity contribution is -0.119. The third-order valence-corrected chi connectivity index (χ3v) is 6.95. The summed E-state index contributed by atoms with van der Waals surface area (Å²) in [6.07, 6.45) is 0. The van der Waals surface area contributed by atoms with Crippen LogP contribution in [0.2, 0.25) is 0 Å². The minimum atomic E-state index is -3.93. The lowest BCUT2D eigenvalue weighted by Gasteiger charge is -2.24. The Labute approximate surface area is 197 Å². The fourth-order valence-electron chi connectivity index (χ4n) is 3.00. The molecular formula is C24H25BrN2O4S. The highest BCUT2D eigenvalue weighted by Gasteiger charge is 2.27. The van der Waals surface area contributed by atoms with Crippen LogP contribution in [0.25, 0.3) is 0 Å².